The van der Waals surface area contributed by atoms with Crippen LogP contribution in [0, 0.1) is 0 Å². The molecule has 1 aliphatic heterocycles. The Morgan fingerprint density at radius 1 is 1.56 bits per heavy atom. The van der Waals surface area contributed by atoms with Crippen molar-refractivity contribution < 1.29 is 9.26 Å². The van der Waals surface area contributed by atoms with Gasteiger partial charge in [-0.15, -0.1) is 0 Å². The molecule has 0 aliphatic carbocycles. The van der Waals surface area contributed by atoms with Crippen LogP contribution in [-0.2, 0) is 11.2 Å². The number of hydrogen-bond acceptors (Lipinski definition) is 5. The van der Waals surface area contributed by atoms with Crippen molar-refractivity contribution in [3.63, 3.8) is 0 Å². The van der Waals surface area contributed by atoms with Crippen molar-refractivity contribution in [1.29, 1.82) is 0 Å². The molecule has 2 atom stereocenters. The fraction of sp³-hybridized carbons (Fsp3) is 0.818. The summed E-state index contributed by atoms with van der Waals surface area (Å²) >= 11 is 0. The minimum atomic E-state index is 0.160. The molecule has 0 spiro atoms. The monoisotopic (exact) mass is 225 g/mol. The highest BCUT2D eigenvalue weighted by molar-refractivity contribution is 4.97. The lowest BCUT2D eigenvalue weighted by molar-refractivity contribution is 0.116. The Labute approximate surface area is 95.6 Å². The fourth-order valence-corrected chi connectivity index (χ4v) is 1.92. The first-order chi connectivity index (χ1) is 7.83. The van der Waals surface area contributed by atoms with Crippen molar-refractivity contribution in [3.05, 3.63) is 11.7 Å². The van der Waals surface area contributed by atoms with Crippen LogP contribution < -0.4 is 5.32 Å². The number of hydrogen-bond donors (Lipinski definition) is 1. The molecule has 5 nitrogen and oxygen atoms in total. The van der Waals surface area contributed by atoms with E-state index in [9.17, 15) is 0 Å². The molecule has 2 unspecified atom stereocenters. The minimum absolute atomic E-state index is 0.160. The zero-order chi connectivity index (χ0) is 11.4. The van der Waals surface area contributed by atoms with Crippen LogP contribution in [0.15, 0.2) is 4.52 Å². The van der Waals surface area contributed by atoms with Gasteiger partial charge in [0.2, 0.25) is 5.89 Å². The minimum Gasteiger partial charge on any atom is -0.380 e. The third-order valence-electron chi connectivity index (χ3n) is 2.96. The van der Waals surface area contributed by atoms with Crippen molar-refractivity contribution in [2.24, 2.45) is 0 Å². The molecule has 0 bridgehead atoms. The third-order valence-corrected chi connectivity index (χ3v) is 2.96. The molecule has 1 aromatic rings. The normalized spacial score (nSPS) is 25.1. The second kappa shape index (κ2) is 5.41. The number of aromatic nitrogens is 2. The lowest BCUT2D eigenvalue weighted by Gasteiger charge is -2.04. The smallest absolute Gasteiger partial charge is 0.243 e. The summed E-state index contributed by atoms with van der Waals surface area (Å²) in [5.41, 5.74) is 0. The number of unbranched alkanes of at least 4 members (excludes halogenated alkanes) is 1. The zero-order valence-electron chi connectivity index (χ0n) is 9.90. The second-order valence-corrected chi connectivity index (χ2v) is 4.21. The second-order valence-electron chi connectivity index (χ2n) is 4.21. The molecule has 5 heteroatoms. The van der Waals surface area contributed by atoms with E-state index in [1.54, 1.807) is 7.11 Å². The van der Waals surface area contributed by atoms with Crippen molar-refractivity contribution in [1.82, 2.24) is 15.5 Å². The Morgan fingerprint density at radius 2 is 2.44 bits per heavy atom. The summed E-state index contributed by atoms with van der Waals surface area (Å²) < 4.78 is 10.5. The number of methoxy groups -OCH3 is 1. The van der Waals surface area contributed by atoms with Gasteiger partial charge in [-0.05, 0) is 12.8 Å². The number of nitrogens with zero attached hydrogens (tertiary/aromatic N) is 2. The van der Waals surface area contributed by atoms with Crippen LogP contribution >= 0.6 is 0 Å². The van der Waals surface area contributed by atoms with Gasteiger partial charge in [-0.25, -0.2) is 0 Å². The summed E-state index contributed by atoms with van der Waals surface area (Å²) in [6.07, 6.45) is 4.33. The van der Waals surface area contributed by atoms with Gasteiger partial charge in [0, 0.05) is 20.1 Å². The van der Waals surface area contributed by atoms with E-state index < -0.39 is 0 Å². The van der Waals surface area contributed by atoms with Crippen molar-refractivity contribution >= 4 is 0 Å². The average Bonchev–Trinajstić information content (AvgIpc) is 2.94. The molecular formula is C11H19N3O2. The predicted molar refractivity (Wildman–Crippen MR) is 59.1 cm³/mol. The molecule has 0 radical (unpaired) electrons. The van der Waals surface area contributed by atoms with E-state index in [2.05, 4.69) is 22.4 Å². The molecule has 1 saturated heterocycles. The standard InChI is InChI=1S/C11H19N3O2/c1-3-4-5-10-13-11(16-14-10)9-6-8(15-2)7-12-9/h8-9,12H,3-7H2,1-2H3. The van der Waals surface area contributed by atoms with Gasteiger partial charge in [0.15, 0.2) is 5.82 Å². The van der Waals surface area contributed by atoms with E-state index in [0.717, 1.165) is 38.1 Å². The van der Waals surface area contributed by atoms with E-state index in [1.807, 2.05) is 0 Å². The molecule has 0 saturated carbocycles. The Morgan fingerprint density at radius 3 is 3.12 bits per heavy atom. The molecule has 2 rings (SSSR count). The molecule has 0 aromatic carbocycles. The van der Waals surface area contributed by atoms with Crippen molar-refractivity contribution in [3.8, 4) is 0 Å². The lowest BCUT2D eigenvalue weighted by atomic mass is 10.2. The van der Waals surface area contributed by atoms with Crippen LogP contribution in [0.1, 0.15) is 43.9 Å². The maximum atomic E-state index is 5.28. The summed E-state index contributed by atoms with van der Waals surface area (Å²) in [4.78, 5) is 4.40. The number of nitrogens with one attached hydrogen (secondary N) is 1. The van der Waals surface area contributed by atoms with Crippen LogP contribution in [0.2, 0.25) is 0 Å². The lowest BCUT2D eigenvalue weighted by Crippen LogP contribution is -2.16. The van der Waals surface area contributed by atoms with Gasteiger partial charge in [-0.2, -0.15) is 4.98 Å². The van der Waals surface area contributed by atoms with Crippen LogP contribution in [0.3, 0.4) is 0 Å². The molecule has 1 N–H and O–H groups in total. The molecule has 16 heavy (non-hydrogen) atoms. The van der Waals surface area contributed by atoms with Gasteiger partial charge < -0.3 is 14.6 Å². The number of rotatable bonds is 5. The van der Waals surface area contributed by atoms with Gasteiger partial charge in [-0.3, -0.25) is 0 Å². The topological polar surface area (TPSA) is 60.2 Å². The van der Waals surface area contributed by atoms with Crippen molar-refractivity contribution in [2.45, 2.75) is 44.8 Å². The van der Waals surface area contributed by atoms with E-state index >= 15 is 0 Å². The summed E-state index contributed by atoms with van der Waals surface area (Å²) in [6.45, 7) is 3.01. The molecular weight excluding hydrogens is 206 g/mol. The number of aryl methyl sites for hydroxylation is 1. The Kier molecular flexibility index (Phi) is 3.90. The summed E-state index contributed by atoms with van der Waals surface area (Å²) in [5.74, 6) is 1.52. The van der Waals surface area contributed by atoms with Gasteiger partial charge >= 0.3 is 0 Å². The average molecular weight is 225 g/mol. The molecule has 1 fully saturated rings. The molecule has 1 aliphatic rings. The third kappa shape index (κ3) is 2.59. The van der Waals surface area contributed by atoms with Gasteiger partial charge in [0.05, 0.1) is 12.1 Å². The van der Waals surface area contributed by atoms with Gasteiger partial charge in [0.1, 0.15) is 0 Å². The van der Waals surface area contributed by atoms with Crippen LogP contribution in [0.25, 0.3) is 0 Å². The first-order valence-corrected chi connectivity index (χ1v) is 5.92. The van der Waals surface area contributed by atoms with E-state index in [-0.39, 0.29) is 12.1 Å². The maximum absolute atomic E-state index is 5.28. The molecule has 1 aromatic heterocycles. The Balaban J connectivity index is 1.92. The highest BCUT2D eigenvalue weighted by Gasteiger charge is 2.29. The van der Waals surface area contributed by atoms with Crippen LogP contribution in [0.4, 0.5) is 0 Å². The molecule has 0 amide bonds. The maximum Gasteiger partial charge on any atom is 0.243 e. The SMILES string of the molecule is CCCCc1noc(C2CC(OC)CN2)n1. The molecule has 90 valence electrons. The first kappa shape index (κ1) is 11.5. The van der Waals surface area contributed by atoms with Crippen LogP contribution in [0.5, 0.6) is 0 Å². The van der Waals surface area contributed by atoms with Crippen LogP contribution in [-0.4, -0.2) is 29.9 Å². The molecule has 2 heterocycles. The Hall–Kier alpha value is -0.940. The first-order valence-electron chi connectivity index (χ1n) is 5.92. The fourth-order valence-electron chi connectivity index (χ4n) is 1.92. The van der Waals surface area contributed by atoms with Crippen molar-refractivity contribution in [2.75, 3.05) is 13.7 Å². The quantitative estimate of drug-likeness (QED) is 0.822. The summed E-state index contributed by atoms with van der Waals surface area (Å²) in [7, 11) is 1.73. The van der Waals surface area contributed by atoms with Gasteiger partial charge in [-0.1, -0.05) is 18.5 Å². The largest absolute Gasteiger partial charge is 0.380 e. The predicted octanol–water partition coefficient (Wildman–Crippen LogP) is 1.46. The van der Waals surface area contributed by atoms with E-state index in [4.69, 9.17) is 9.26 Å². The summed E-state index contributed by atoms with van der Waals surface area (Å²) in [6, 6.07) is 0.160. The highest BCUT2D eigenvalue weighted by Crippen LogP contribution is 2.23. The van der Waals surface area contributed by atoms with E-state index in [1.165, 1.54) is 0 Å². The summed E-state index contributed by atoms with van der Waals surface area (Å²) in [5, 5.41) is 7.30. The van der Waals surface area contributed by atoms with Gasteiger partial charge in [0.25, 0.3) is 0 Å². The zero-order valence-corrected chi connectivity index (χ0v) is 9.90. The highest BCUT2D eigenvalue weighted by atomic mass is 16.5. The number of ether oxygens (including phenoxy) is 1. The Bertz CT molecular complexity index is 327. The van der Waals surface area contributed by atoms with E-state index in [0.29, 0.717) is 5.89 Å².